The van der Waals surface area contributed by atoms with Crippen LogP contribution in [0, 0.1) is 11.8 Å². The summed E-state index contributed by atoms with van der Waals surface area (Å²) in [6.45, 7) is 1.33. The normalized spacial score (nSPS) is 17.5. The number of hydrogen-bond donors (Lipinski definition) is 2. The zero-order chi connectivity index (χ0) is 18.1. The molecule has 0 bridgehead atoms. The summed E-state index contributed by atoms with van der Waals surface area (Å²) in [5.41, 5.74) is 0.916. The van der Waals surface area contributed by atoms with Crippen molar-refractivity contribution in [3.8, 4) is 11.8 Å². The number of likely N-dealkylation sites (tertiary alicyclic amines) is 1. The van der Waals surface area contributed by atoms with Crippen molar-refractivity contribution in [3.63, 3.8) is 0 Å². The predicted octanol–water partition coefficient (Wildman–Crippen LogP) is 1.54. The van der Waals surface area contributed by atoms with Crippen molar-refractivity contribution >= 4 is 16.1 Å². The summed E-state index contributed by atoms with van der Waals surface area (Å²) in [6.07, 6.45) is 4.69. The fourth-order valence-corrected chi connectivity index (χ4v) is 3.36. The van der Waals surface area contributed by atoms with Crippen molar-refractivity contribution in [1.82, 2.24) is 14.9 Å². The van der Waals surface area contributed by atoms with Crippen molar-refractivity contribution in [2.24, 2.45) is 0 Å². The molecular weight excluding hydrogens is 338 g/mol. The van der Waals surface area contributed by atoms with E-state index < -0.39 is 10.0 Å². The summed E-state index contributed by atoms with van der Waals surface area (Å²) in [5.74, 6) is 5.95. The van der Waals surface area contributed by atoms with Gasteiger partial charge in [0.15, 0.2) is 0 Å². The van der Waals surface area contributed by atoms with Gasteiger partial charge in [-0.1, -0.05) is 30.0 Å². The number of sulfonamides is 1. The van der Waals surface area contributed by atoms with Gasteiger partial charge in [-0.3, -0.25) is 0 Å². The van der Waals surface area contributed by atoms with Crippen LogP contribution in [-0.2, 0) is 10.0 Å². The van der Waals surface area contributed by atoms with Crippen LogP contribution in [-0.4, -0.2) is 51.3 Å². The van der Waals surface area contributed by atoms with Crippen LogP contribution in [0.25, 0.3) is 0 Å². The number of carbonyl (C=O) groups is 1. The molecule has 0 aromatic heterocycles. The van der Waals surface area contributed by atoms with E-state index in [9.17, 15) is 13.2 Å². The SMILES string of the molecule is CS(=O)(=O)NCCC1CCCCN1C(=O)NCC#Cc1ccccc1. The van der Waals surface area contributed by atoms with Crippen molar-refractivity contribution in [2.75, 3.05) is 25.9 Å². The van der Waals surface area contributed by atoms with E-state index in [1.807, 2.05) is 30.3 Å². The Morgan fingerprint density at radius 3 is 2.76 bits per heavy atom. The summed E-state index contributed by atoms with van der Waals surface area (Å²) in [4.78, 5) is 14.2. The Labute approximate surface area is 150 Å². The maximum Gasteiger partial charge on any atom is 0.318 e. The van der Waals surface area contributed by atoms with Crippen LogP contribution in [0.5, 0.6) is 0 Å². The van der Waals surface area contributed by atoms with E-state index in [4.69, 9.17) is 0 Å². The average molecular weight is 363 g/mol. The smallest absolute Gasteiger partial charge is 0.318 e. The molecule has 1 heterocycles. The highest BCUT2D eigenvalue weighted by molar-refractivity contribution is 7.88. The number of urea groups is 1. The van der Waals surface area contributed by atoms with Gasteiger partial charge >= 0.3 is 6.03 Å². The molecule has 2 N–H and O–H groups in total. The Balaban J connectivity index is 1.82. The molecule has 1 aliphatic heterocycles. The lowest BCUT2D eigenvalue weighted by Crippen LogP contribution is -2.49. The molecule has 1 atom stereocenters. The molecule has 2 rings (SSSR count). The second-order valence-electron chi connectivity index (χ2n) is 6.12. The number of hydrogen-bond acceptors (Lipinski definition) is 3. The molecular formula is C18H25N3O3S. The molecule has 2 amide bonds. The zero-order valence-corrected chi connectivity index (χ0v) is 15.3. The van der Waals surface area contributed by atoms with Gasteiger partial charge < -0.3 is 10.2 Å². The van der Waals surface area contributed by atoms with Crippen molar-refractivity contribution in [2.45, 2.75) is 31.7 Å². The predicted molar refractivity (Wildman–Crippen MR) is 98.5 cm³/mol. The van der Waals surface area contributed by atoms with Gasteiger partial charge in [-0.05, 0) is 37.8 Å². The Morgan fingerprint density at radius 1 is 1.28 bits per heavy atom. The Hall–Kier alpha value is -2.04. The van der Waals surface area contributed by atoms with Gasteiger partial charge in [0.2, 0.25) is 10.0 Å². The molecule has 1 aromatic rings. The first-order valence-corrected chi connectivity index (χ1v) is 10.4. The molecule has 0 spiro atoms. The van der Waals surface area contributed by atoms with E-state index in [0.717, 1.165) is 31.1 Å². The minimum Gasteiger partial charge on any atom is -0.327 e. The number of benzene rings is 1. The first-order valence-electron chi connectivity index (χ1n) is 8.49. The number of amides is 2. The van der Waals surface area contributed by atoms with Crippen LogP contribution in [0.3, 0.4) is 0 Å². The highest BCUT2D eigenvalue weighted by Gasteiger charge is 2.26. The van der Waals surface area contributed by atoms with Crippen LogP contribution in [0.2, 0.25) is 0 Å². The lowest BCUT2D eigenvalue weighted by molar-refractivity contribution is 0.148. The number of nitrogens with zero attached hydrogens (tertiary/aromatic N) is 1. The largest absolute Gasteiger partial charge is 0.327 e. The highest BCUT2D eigenvalue weighted by atomic mass is 32.2. The van der Waals surface area contributed by atoms with Gasteiger partial charge in [0, 0.05) is 24.7 Å². The molecule has 1 unspecified atom stereocenters. The third-order valence-corrected chi connectivity index (χ3v) is 4.79. The van der Waals surface area contributed by atoms with Gasteiger partial charge in [0.25, 0.3) is 0 Å². The average Bonchev–Trinajstić information content (AvgIpc) is 2.59. The maximum absolute atomic E-state index is 12.4. The van der Waals surface area contributed by atoms with E-state index >= 15 is 0 Å². The molecule has 25 heavy (non-hydrogen) atoms. The maximum atomic E-state index is 12.4. The van der Waals surface area contributed by atoms with Crippen molar-refractivity contribution in [3.05, 3.63) is 35.9 Å². The third-order valence-electron chi connectivity index (χ3n) is 4.06. The molecule has 0 saturated carbocycles. The van der Waals surface area contributed by atoms with Crippen LogP contribution in [0.4, 0.5) is 4.79 Å². The van der Waals surface area contributed by atoms with Crippen LogP contribution < -0.4 is 10.0 Å². The molecule has 1 aliphatic rings. The summed E-state index contributed by atoms with van der Waals surface area (Å²) in [6, 6.07) is 9.55. The van der Waals surface area contributed by atoms with E-state index in [-0.39, 0.29) is 12.1 Å². The highest BCUT2D eigenvalue weighted by Crippen LogP contribution is 2.19. The van der Waals surface area contributed by atoms with E-state index in [2.05, 4.69) is 21.9 Å². The zero-order valence-electron chi connectivity index (χ0n) is 14.5. The number of carbonyl (C=O) groups excluding carboxylic acids is 1. The quantitative estimate of drug-likeness (QED) is 0.779. The molecule has 1 aromatic carbocycles. The fraction of sp³-hybridized carbons (Fsp3) is 0.500. The summed E-state index contributed by atoms with van der Waals surface area (Å²) in [7, 11) is -3.19. The molecule has 7 heteroatoms. The van der Waals surface area contributed by atoms with Gasteiger partial charge in [-0.2, -0.15) is 0 Å². The summed E-state index contributed by atoms with van der Waals surface area (Å²) in [5, 5.41) is 2.83. The van der Waals surface area contributed by atoms with Crippen molar-refractivity contribution in [1.29, 1.82) is 0 Å². The Kier molecular flexibility index (Phi) is 7.29. The molecule has 1 saturated heterocycles. The first-order chi connectivity index (χ1) is 12.0. The Bertz CT molecular complexity index is 723. The number of nitrogens with one attached hydrogen (secondary N) is 2. The molecule has 0 aliphatic carbocycles. The second kappa shape index (κ2) is 9.44. The standard InChI is InChI=1S/C18H25N3O3S/c1-25(23,24)20-14-12-17-11-5-6-15-21(17)18(22)19-13-7-10-16-8-3-2-4-9-16/h2-4,8-9,17,20H,5-6,11-15H2,1H3,(H,19,22). The minimum absolute atomic E-state index is 0.0603. The summed E-state index contributed by atoms with van der Waals surface area (Å²) >= 11 is 0. The molecule has 0 radical (unpaired) electrons. The van der Waals surface area contributed by atoms with Gasteiger partial charge in [-0.25, -0.2) is 17.9 Å². The molecule has 6 nitrogen and oxygen atoms in total. The van der Waals surface area contributed by atoms with Gasteiger partial charge in [-0.15, -0.1) is 0 Å². The minimum atomic E-state index is -3.19. The van der Waals surface area contributed by atoms with E-state index in [0.29, 0.717) is 26.1 Å². The number of rotatable bonds is 5. The molecule has 1 fully saturated rings. The van der Waals surface area contributed by atoms with Crippen molar-refractivity contribution < 1.29 is 13.2 Å². The second-order valence-corrected chi connectivity index (χ2v) is 7.96. The lowest BCUT2D eigenvalue weighted by atomic mass is 10.00. The summed E-state index contributed by atoms with van der Waals surface area (Å²) < 4.78 is 24.8. The number of piperidine rings is 1. The van der Waals surface area contributed by atoms with Gasteiger partial charge in [0.1, 0.15) is 0 Å². The lowest BCUT2D eigenvalue weighted by Gasteiger charge is -2.35. The third kappa shape index (κ3) is 7.16. The van der Waals surface area contributed by atoms with Crippen LogP contribution in [0.15, 0.2) is 30.3 Å². The Morgan fingerprint density at radius 2 is 2.04 bits per heavy atom. The fourth-order valence-electron chi connectivity index (χ4n) is 2.87. The first kappa shape index (κ1) is 19.3. The van der Waals surface area contributed by atoms with E-state index in [1.54, 1.807) is 4.90 Å². The molecule has 136 valence electrons. The monoisotopic (exact) mass is 363 g/mol. The topological polar surface area (TPSA) is 78.5 Å². The van der Waals surface area contributed by atoms with Crippen LogP contribution >= 0.6 is 0 Å². The van der Waals surface area contributed by atoms with E-state index in [1.165, 1.54) is 0 Å². The van der Waals surface area contributed by atoms with Gasteiger partial charge in [0.05, 0.1) is 12.8 Å². The van der Waals surface area contributed by atoms with Crippen LogP contribution in [0.1, 0.15) is 31.2 Å².